The maximum absolute atomic E-state index is 12.7. The zero-order valence-electron chi connectivity index (χ0n) is 18.6. The van der Waals surface area contributed by atoms with Crippen molar-refractivity contribution in [2.45, 2.75) is 38.5 Å². The van der Waals surface area contributed by atoms with Crippen molar-refractivity contribution < 1.29 is 9.53 Å². The Labute approximate surface area is 185 Å². The summed E-state index contributed by atoms with van der Waals surface area (Å²) in [6.07, 6.45) is 8.26. The zero-order valence-corrected chi connectivity index (χ0v) is 18.6. The molecule has 1 aromatic carbocycles. The first-order valence-electron chi connectivity index (χ1n) is 11.6. The summed E-state index contributed by atoms with van der Waals surface area (Å²) in [5, 5.41) is 3.12. The Kier molecular flexibility index (Phi) is 7.41. The summed E-state index contributed by atoms with van der Waals surface area (Å²) in [7, 11) is 1.70. The number of carbonyl (C=O) groups is 1. The molecule has 0 radical (unpaired) electrons. The van der Waals surface area contributed by atoms with Gasteiger partial charge < -0.3 is 15.0 Å². The molecule has 0 atom stereocenters. The second kappa shape index (κ2) is 10.6. The van der Waals surface area contributed by atoms with Gasteiger partial charge in [-0.25, -0.2) is 4.98 Å². The summed E-state index contributed by atoms with van der Waals surface area (Å²) in [5.74, 6) is 1.93. The molecule has 1 aliphatic carbocycles. The van der Waals surface area contributed by atoms with E-state index in [2.05, 4.69) is 38.3 Å². The number of ether oxygens (including phenoxy) is 1. The summed E-state index contributed by atoms with van der Waals surface area (Å²) >= 11 is 0. The maximum atomic E-state index is 12.7. The molecule has 1 aromatic heterocycles. The van der Waals surface area contributed by atoms with Crippen LogP contribution in [0.3, 0.4) is 0 Å². The molecule has 0 unspecified atom stereocenters. The van der Waals surface area contributed by atoms with Crippen molar-refractivity contribution in [3.8, 4) is 5.75 Å². The first-order valence-corrected chi connectivity index (χ1v) is 11.6. The van der Waals surface area contributed by atoms with E-state index in [0.717, 1.165) is 82.0 Å². The van der Waals surface area contributed by atoms with Gasteiger partial charge in [-0.2, -0.15) is 0 Å². The van der Waals surface area contributed by atoms with Crippen LogP contribution in [0.4, 0.5) is 11.5 Å². The van der Waals surface area contributed by atoms with Gasteiger partial charge in [0.2, 0.25) is 5.91 Å². The van der Waals surface area contributed by atoms with Gasteiger partial charge in [0.15, 0.2) is 0 Å². The number of carbonyl (C=O) groups excluding carboxylic acids is 1. The van der Waals surface area contributed by atoms with Gasteiger partial charge in [-0.1, -0.05) is 25.3 Å². The summed E-state index contributed by atoms with van der Waals surface area (Å²) in [6, 6.07) is 12.4. The molecule has 0 bridgehead atoms. The molecule has 31 heavy (non-hydrogen) atoms. The lowest BCUT2D eigenvalue weighted by molar-refractivity contribution is -0.120. The van der Waals surface area contributed by atoms with Gasteiger partial charge in [-0.05, 0) is 55.2 Å². The van der Waals surface area contributed by atoms with E-state index in [-0.39, 0.29) is 11.8 Å². The number of aromatic nitrogens is 1. The number of benzene rings is 1. The Morgan fingerprint density at radius 3 is 2.52 bits per heavy atom. The first kappa shape index (κ1) is 21.6. The van der Waals surface area contributed by atoms with Crippen LogP contribution in [0.1, 0.15) is 37.7 Å². The lowest BCUT2D eigenvalue weighted by Gasteiger charge is -2.36. The highest BCUT2D eigenvalue weighted by atomic mass is 16.5. The van der Waals surface area contributed by atoms with E-state index in [1.807, 2.05) is 18.2 Å². The molecule has 2 aliphatic rings. The SMILES string of the molecule is COc1ccc(N2CCN(CCc3cccnc3NC(=O)C3CCCCC3)CC2)cc1. The Morgan fingerprint density at radius 1 is 1.06 bits per heavy atom. The van der Waals surface area contributed by atoms with Gasteiger partial charge in [-0.15, -0.1) is 0 Å². The molecule has 1 aliphatic heterocycles. The highest BCUT2D eigenvalue weighted by Gasteiger charge is 2.22. The maximum Gasteiger partial charge on any atom is 0.228 e. The van der Waals surface area contributed by atoms with E-state index >= 15 is 0 Å². The minimum absolute atomic E-state index is 0.146. The Hall–Kier alpha value is -2.60. The van der Waals surface area contributed by atoms with E-state index in [9.17, 15) is 4.79 Å². The summed E-state index contributed by atoms with van der Waals surface area (Å²) < 4.78 is 5.26. The normalized spacial score (nSPS) is 18.0. The van der Waals surface area contributed by atoms with Crippen molar-refractivity contribution in [3.63, 3.8) is 0 Å². The van der Waals surface area contributed by atoms with Gasteiger partial charge in [0.25, 0.3) is 0 Å². The van der Waals surface area contributed by atoms with Gasteiger partial charge in [0.05, 0.1) is 7.11 Å². The van der Waals surface area contributed by atoms with E-state index in [0.29, 0.717) is 0 Å². The van der Waals surface area contributed by atoms with Gasteiger partial charge in [-0.3, -0.25) is 9.69 Å². The van der Waals surface area contributed by atoms with Crippen LogP contribution in [-0.4, -0.2) is 55.6 Å². The quantitative estimate of drug-likeness (QED) is 0.732. The number of anilines is 2. The second-order valence-corrected chi connectivity index (χ2v) is 8.61. The van der Waals surface area contributed by atoms with Crippen LogP contribution in [0.15, 0.2) is 42.6 Å². The Bertz CT molecular complexity index is 841. The predicted molar refractivity (Wildman–Crippen MR) is 125 cm³/mol. The van der Waals surface area contributed by atoms with Crippen molar-refractivity contribution in [1.82, 2.24) is 9.88 Å². The van der Waals surface area contributed by atoms with Gasteiger partial charge in [0.1, 0.15) is 11.6 Å². The van der Waals surface area contributed by atoms with Crippen molar-refractivity contribution in [1.29, 1.82) is 0 Å². The number of pyridine rings is 1. The van der Waals surface area contributed by atoms with Crippen LogP contribution < -0.4 is 15.0 Å². The monoisotopic (exact) mass is 422 g/mol. The molecule has 1 N–H and O–H groups in total. The topological polar surface area (TPSA) is 57.7 Å². The van der Waals surface area contributed by atoms with Crippen molar-refractivity contribution in [2.24, 2.45) is 5.92 Å². The molecule has 166 valence electrons. The molecule has 2 aromatic rings. The molecule has 1 amide bonds. The molecule has 4 rings (SSSR count). The van der Waals surface area contributed by atoms with E-state index in [1.54, 1.807) is 13.3 Å². The molecule has 2 heterocycles. The minimum atomic E-state index is 0.146. The molecular weight excluding hydrogens is 388 g/mol. The van der Waals surface area contributed by atoms with Gasteiger partial charge >= 0.3 is 0 Å². The Balaban J connectivity index is 1.27. The number of nitrogens with zero attached hydrogens (tertiary/aromatic N) is 3. The van der Waals surface area contributed by atoms with Crippen LogP contribution in [-0.2, 0) is 11.2 Å². The average molecular weight is 423 g/mol. The third-order valence-corrected chi connectivity index (χ3v) is 6.62. The molecule has 6 nitrogen and oxygen atoms in total. The van der Waals surface area contributed by atoms with Crippen molar-refractivity contribution >= 4 is 17.4 Å². The van der Waals surface area contributed by atoms with Crippen molar-refractivity contribution in [3.05, 3.63) is 48.2 Å². The summed E-state index contributed by atoms with van der Waals surface area (Å²) in [6.45, 7) is 5.09. The molecule has 2 fully saturated rings. The zero-order chi connectivity index (χ0) is 21.5. The fourth-order valence-corrected chi connectivity index (χ4v) is 4.64. The number of nitrogens with one attached hydrogen (secondary N) is 1. The van der Waals surface area contributed by atoms with Crippen LogP contribution >= 0.6 is 0 Å². The number of rotatable bonds is 7. The first-order chi connectivity index (χ1) is 15.2. The number of methoxy groups -OCH3 is 1. The number of piperazine rings is 1. The third kappa shape index (κ3) is 5.76. The van der Waals surface area contributed by atoms with E-state index < -0.39 is 0 Å². The third-order valence-electron chi connectivity index (χ3n) is 6.62. The van der Waals surface area contributed by atoms with E-state index in [4.69, 9.17) is 4.74 Å². The van der Waals surface area contributed by atoms with Crippen LogP contribution in [0.2, 0.25) is 0 Å². The lowest BCUT2D eigenvalue weighted by Crippen LogP contribution is -2.47. The molecule has 6 heteroatoms. The van der Waals surface area contributed by atoms with Crippen LogP contribution in [0.5, 0.6) is 5.75 Å². The molecular formula is C25H34N4O2. The Morgan fingerprint density at radius 2 is 1.81 bits per heavy atom. The largest absolute Gasteiger partial charge is 0.497 e. The lowest BCUT2D eigenvalue weighted by atomic mass is 9.88. The summed E-state index contributed by atoms with van der Waals surface area (Å²) in [5.41, 5.74) is 2.38. The van der Waals surface area contributed by atoms with Crippen LogP contribution in [0, 0.1) is 5.92 Å². The van der Waals surface area contributed by atoms with Crippen LogP contribution in [0.25, 0.3) is 0 Å². The predicted octanol–water partition coefficient (Wildman–Crippen LogP) is 3.97. The fraction of sp³-hybridized carbons (Fsp3) is 0.520. The molecule has 1 saturated carbocycles. The summed E-state index contributed by atoms with van der Waals surface area (Å²) in [4.78, 5) is 22.1. The van der Waals surface area contributed by atoms with Crippen molar-refractivity contribution in [2.75, 3.05) is 50.1 Å². The highest BCUT2D eigenvalue weighted by molar-refractivity contribution is 5.92. The standard InChI is InChI=1S/C25H34N4O2/c1-31-23-11-9-22(10-12-23)29-18-16-28(17-19-29)15-13-20-8-5-14-26-24(20)27-25(30)21-6-3-2-4-7-21/h5,8-12,14,21H,2-4,6-7,13,15-19H2,1H3,(H,26,27,30). The average Bonchev–Trinajstić information content (AvgIpc) is 2.84. The number of amides is 1. The molecule has 0 spiro atoms. The van der Waals surface area contributed by atoms with E-state index in [1.165, 1.54) is 12.1 Å². The number of hydrogen-bond donors (Lipinski definition) is 1. The fourth-order valence-electron chi connectivity index (χ4n) is 4.64. The van der Waals surface area contributed by atoms with Gasteiger partial charge in [0, 0.05) is 50.5 Å². The smallest absolute Gasteiger partial charge is 0.228 e. The number of hydrogen-bond acceptors (Lipinski definition) is 5. The molecule has 1 saturated heterocycles. The second-order valence-electron chi connectivity index (χ2n) is 8.61. The minimum Gasteiger partial charge on any atom is -0.497 e. The highest BCUT2D eigenvalue weighted by Crippen LogP contribution is 2.25.